The van der Waals surface area contributed by atoms with Gasteiger partial charge in [-0.05, 0) is 20.8 Å². The van der Waals surface area contributed by atoms with Crippen LogP contribution in [0.4, 0.5) is 0 Å². The molecule has 6 heteroatoms. The first-order valence-electron chi connectivity index (χ1n) is 10.2. The summed E-state index contributed by atoms with van der Waals surface area (Å²) < 4.78 is 0. The van der Waals surface area contributed by atoms with E-state index in [9.17, 15) is 19.2 Å². The van der Waals surface area contributed by atoms with Crippen LogP contribution >= 0.6 is 0 Å². The zero-order valence-electron chi connectivity index (χ0n) is 19.5. The molecule has 0 fully saturated rings. The first-order chi connectivity index (χ1) is 12.7. The van der Waals surface area contributed by atoms with Gasteiger partial charge in [0, 0.05) is 19.5 Å². The Kier molecular flexibility index (Phi) is 30.3. The zero-order valence-corrected chi connectivity index (χ0v) is 19.5. The normalized spacial score (nSPS) is 9.19. The average molecular weight is 389 g/mol. The Morgan fingerprint density at radius 2 is 0.815 bits per heavy atom. The third kappa shape index (κ3) is 26.9. The Morgan fingerprint density at radius 3 is 1.04 bits per heavy atom. The van der Waals surface area contributed by atoms with Crippen LogP contribution < -0.4 is 0 Å². The van der Waals surface area contributed by atoms with Crippen LogP contribution in [-0.2, 0) is 19.2 Å². The minimum atomic E-state index is -0.0148. The van der Waals surface area contributed by atoms with E-state index in [0.717, 1.165) is 0 Å². The van der Waals surface area contributed by atoms with Gasteiger partial charge in [0.2, 0.25) is 0 Å². The lowest BCUT2D eigenvalue weighted by molar-refractivity contribution is -0.124. The van der Waals surface area contributed by atoms with Crippen LogP contribution in [0, 0.1) is 0 Å². The van der Waals surface area contributed by atoms with Crippen LogP contribution in [0.25, 0.3) is 0 Å². The third-order valence-corrected chi connectivity index (χ3v) is 2.87. The molecule has 6 nitrogen and oxygen atoms in total. The average Bonchev–Trinajstić information content (AvgIpc) is 2.63. The van der Waals surface area contributed by atoms with Gasteiger partial charge in [-0.3, -0.25) is 29.0 Å². The summed E-state index contributed by atoms with van der Waals surface area (Å²) in [5.41, 5.74) is 0. The van der Waals surface area contributed by atoms with Crippen LogP contribution in [0.5, 0.6) is 0 Å². The number of carbonyl (C=O) groups is 4. The van der Waals surface area contributed by atoms with Gasteiger partial charge in [0.25, 0.3) is 0 Å². The van der Waals surface area contributed by atoms with Crippen molar-refractivity contribution in [3.8, 4) is 0 Å². The van der Waals surface area contributed by atoms with E-state index in [4.69, 9.17) is 0 Å². The van der Waals surface area contributed by atoms with Crippen LogP contribution in [0.2, 0.25) is 0 Å². The van der Waals surface area contributed by atoms with Crippen molar-refractivity contribution < 1.29 is 19.2 Å². The Hall–Kier alpha value is -1.40. The Labute approximate surface area is 167 Å². The van der Waals surface area contributed by atoms with Crippen molar-refractivity contribution in [2.75, 3.05) is 39.3 Å². The molecule has 0 heterocycles. The van der Waals surface area contributed by atoms with E-state index in [1.165, 1.54) is 20.8 Å². The van der Waals surface area contributed by atoms with Gasteiger partial charge < -0.3 is 0 Å². The maximum atomic E-state index is 11.5. The molecule has 0 radical (unpaired) electrons. The highest BCUT2D eigenvalue weighted by Gasteiger charge is 2.15. The highest BCUT2D eigenvalue weighted by molar-refractivity contribution is 5.82. The fraction of sp³-hybridized carbons (Fsp3) is 0.810. The second kappa shape index (κ2) is 24.6. The SMILES string of the molecule is CC.CC.CC.CCC(=O)CN(CCN(CC(C)=O)CC(C)=O)CC(C)=O. The minimum absolute atomic E-state index is 0.0106. The molecular formula is C21H44N2O4. The van der Waals surface area contributed by atoms with E-state index in [1.807, 2.05) is 41.5 Å². The molecule has 0 aromatic heterocycles. The van der Waals surface area contributed by atoms with Gasteiger partial charge in [0.15, 0.2) is 0 Å². The largest absolute Gasteiger partial charge is 0.299 e. The number of hydrogen-bond acceptors (Lipinski definition) is 6. The molecule has 0 aromatic rings. The summed E-state index contributed by atoms with van der Waals surface area (Å²) >= 11 is 0. The zero-order chi connectivity index (χ0) is 22.4. The van der Waals surface area contributed by atoms with Gasteiger partial charge in [0.1, 0.15) is 23.1 Å². The van der Waals surface area contributed by atoms with Gasteiger partial charge in [0.05, 0.1) is 26.2 Å². The molecular weight excluding hydrogens is 344 g/mol. The molecule has 0 aliphatic heterocycles. The molecule has 0 unspecified atom stereocenters. The van der Waals surface area contributed by atoms with E-state index >= 15 is 0 Å². The van der Waals surface area contributed by atoms with Crippen molar-refractivity contribution in [1.82, 2.24) is 9.80 Å². The monoisotopic (exact) mass is 388 g/mol. The van der Waals surface area contributed by atoms with E-state index in [-0.39, 0.29) is 49.3 Å². The maximum absolute atomic E-state index is 11.5. The smallest absolute Gasteiger partial charge is 0.146 e. The molecule has 0 spiro atoms. The van der Waals surface area contributed by atoms with Crippen molar-refractivity contribution in [3.05, 3.63) is 0 Å². The topological polar surface area (TPSA) is 74.8 Å². The molecule has 0 N–H and O–H groups in total. The highest BCUT2D eigenvalue weighted by Crippen LogP contribution is 1.97. The molecule has 27 heavy (non-hydrogen) atoms. The number of hydrogen-bond donors (Lipinski definition) is 0. The van der Waals surface area contributed by atoms with Crippen molar-refractivity contribution in [3.63, 3.8) is 0 Å². The molecule has 0 saturated heterocycles. The number of carbonyl (C=O) groups excluding carboxylic acids is 4. The number of nitrogens with zero attached hydrogens (tertiary/aromatic N) is 2. The van der Waals surface area contributed by atoms with Crippen LogP contribution in [-0.4, -0.2) is 72.2 Å². The summed E-state index contributed by atoms with van der Waals surface area (Å²) in [4.78, 5) is 48.7. The van der Waals surface area contributed by atoms with E-state index in [2.05, 4.69) is 0 Å². The lowest BCUT2D eigenvalue weighted by Crippen LogP contribution is -2.42. The molecule has 0 bridgehead atoms. The van der Waals surface area contributed by atoms with Gasteiger partial charge in [-0.2, -0.15) is 0 Å². The lowest BCUT2D eigenvalue weighted by atomic mass is 10.2. The first kappa shape index (κ1) is 33.2. The second-order valence-electron chi connectivity index (χ2n) is 5.42. The molecule has 0 aliphatic carbocycles. The van der Waals surface area contributed by atoms with Gasteiger partial charge in [-0.25, -0.2) is 0 Å². The highest BCUT2D eigenvalue weighted by atomic mass is 16.1. The van der Waals surface area contributed by atoms with Gasteiger partial charge in [-0.15, -0.1) is 0 Å². The number of rotatable bonds is 12. The molecule has 0 rings (SSSR count). The van der Waals surface area contributed by atoms with E-state index in [0.29, 0.717) is 19.5 Å². The van der Waals surface area contributed by atoms with E-state index < -0.39 is 0 Å². The molecule has 0 atom stereocenters. The molecule has 0 amide bonds. The van der Waals surface area contributed by atoms with Crippen molar-refractivity contribution in [2.45, 2.75) is 75.7 Å². The standard InChI is InChI=1S/C15H26N2O4.3C2H6/c1-5-15(21)11-17(10-14(4)20)7-6-16(8-12(2)18)9-13(3)19;3*1-2/h5-11H2,1-4H3;3*1-2H3. The Morgan fingerprint density at radius 1 is 0.556 bits per heavy atom. The third-order valence-electron chi connectivity index (χ3n) is 2.87. The predicted octanol–water partition coefficient (Wildman–Crippen LogP) is 3.42. The Bertz CT molecular complexity index is 380. The molecule has 162 valence electrons. The molecule has 0 aliphatic rings. The summed E-state index contributed by atoms with van der Waals surface area (Å²) in [5, 5.41) is 0. The summed E-state index contributed by atoms with van der Waals surface area (Å²) in [7, 11) is 0. The summed E-state index contributed by atoms with van der Waals surface area (Å²) in [6.45, 7) is 20.0. The summed E-state index contributed by atoms with van der Waals surface area (Å²) in [6.07, 6.45) is 0.430. The fourth-order valence-corrected chi connectivity index (χ4v) is 2.02. The quantitative estimate of drug-likeness (QED) is 0.510. The van der Waals surface area contributed by atoms with Crippen molar-refractivity contribution in [2.24, 2.45) is 0 Å². The van der Waals surface area contributed by atoms with Crippen LogP contribution in [0.15, 0.2) is 0 Å². The predicted molar refractivity (Wildman–Crippen MR) is 114 cm³/mol. The molecule has 0 saturated carbocycles. The Balaban J connectivity index is -0.000000397. The first-order valence-corrected chi connectivity index (χ1v) is 10.2. The molecule has 0 aromatic carbocycles. The maximum Gasteiger partial charge on any atom is 0.146 e. The lowest BCUT2D eigenvalue weighted by Gasteiger charge is -2.25. The van der Waals surface area contributed by atoms with E-state index in [1.54, 1.807) is 16.7 Å². The summed E-state index contributed by atoms with van der Waals surface area (Å²) in [5.74, 6) is 0.0301. The van der Waals surface area contributed by atoms with Gasteiger partial charge in [-0.1, -0.05) is 48.5 Å². The second-order valence-corrected chi connectivity index (χ2v) is 5.42. The summed E-state index contributed by atoms with van der Waals surface area (Å²) in [6, 6.07) is 0. The van der Waals surface area contributed by atoms with Crippen LogP contribution in [0.3, 0.4) is 0 Å². The van der Waals surface area contributed by atoms with Crippen molar-refractivity contribution in [1.29, 1.82) is 0 Å². The fourth-order valence-electron chi connectivity index (χ4n) is 2.02. The minimum Gasteiger partial charge on any atom is -0.299 e. The van der Waals surface area contributed by atoms with Gasteiger partial charge >= 0.3 is 0 Å². The van der Waals surface area contributed by atoms with Crippen LogP contribution in [0.1, 0.15) is 75.7 Å². The number of ketones is 4. The number of Topliss-reactive ketones (excluding diaryl/α,β-unsaturated/α-hetero) is 4. The van der Waals surface area contributed by atoms with Crippen molar-refractivity contribution >= 4 is 23.1 Å².